The Morgan fingerprint density at radius 2 is 1.88 bits per heavy atom. The van der Waals surface area contributed by atoms with Crippen LogP contribution in [0.2, 0.25) is 0 Å². The summed E-state index contributed by atoms with van der Waals surface area (Å²) in [4.78, 5) is 0. The number of hydrogen-bond acceptors (Lipinski definition) is 3. The minimum absolute atomic E-state index is 0. The van der Waals surface area contributed by atoms with Gasteiger partial charge in [0.15, 0.2) is 0 Å². The average Bonchev–Trinajstić information content (AvgIpc) is 2.65. The van der Waals surface area contributed by atoms with E-state index in [1.165, 1.54) is 25.3 Å². The van der Waals surface area contributed by atoms with Crippen molar-refractivity contribution < 1.29 is 48.4 Å². The number of aryl methyl sites for hydroxylation is 1. The molecule has 0 saturated heterocycles. The summed E-state index contributed by atoms with van der Waals surface area (Å²) < 4.78 is 35.2. The normalized spacial score (nSPS) is 11.2. The van der Waals surface area contributed by atoms with Gasteiger partial charge in [-0.15, -0.1) is 0 Å². The van der Waals surface area contributed by atoms with Gasteiger partial charge in [-0.25, -0.2) is 0 Å². The summed E-state index contributed by atoms with van der Waals surface area (Å²) in [6.45, 7) is 2.16. The van der Waals surface area contributed by atoms with Crippen LogP contribution < -0.4 is 29.6 Å². The van der Waals surface area contributed by atoms with Crippen molar-refractivity contribution >= 4 is 10.1 Å². The molecule has 0 fully saturated rings. The smallest absolute Gasteiger partial charge is 1.00 e. The molecule has 0 aliphatic rings. The van der Waals surface area contributed by atoms with E-state index in [1.54, 1.807) is 6.07 Å². The molecule has 1 aromatic rings. The van der Waals surface area contributed by atoms with E-state index in [9.17, 15) is 8.42 Å². The van der Waals surface area contributed by atoms with Gasteiger partial charge in [0.05, 0.1) is 0 Å². The molecular formula is C11H19NaO4S. The summed E-state index contributed by atoms with van der Waals surface area (Å²) in [5, 5.41) is -0.365. The van der Waals surface area contributed by atoms with Crippen molar-refractivity contribution in [3.05, 3.63) is 17.9 Å². The molecule has 0 atom stereocenters. The number of rotatable bonds is 7. The Balaban J connectivity index is 0. The van der Waals surface area contributed by atoms with Gasteiger partial charge in [-0.2, -0.15) is 8.42 Å². The molecule has 1 aromatic heterocycles. The van der Waals surface area contributed by atoms with E-state index in [0.717, 1.165) is 19.3 Å². The monoisotopic (exact) mass is 270 g/mol. The van der Waals surface area contributed by atoms with Crippen LogP contribution in [-0.4, -0.2) is 13.0 Å². The van der Waals surface area contributed by atoms with Crippen LogP contribution in [0.5, 0.6) is 0 Å². The molecule has 0 saturated carbocycles. The van der Waals surface area contributed by atoms with Gasteiger partial charge in [0.25, 0.3) is 0 Å². The summed E-state index contributed by atoms with van der Waals surface area (Å²) in [7, 11) is -4.19. The largest absolute Gasteiger partial charge is 1.00 e. The van der Waals surface area contributed by atoms with E-state index in [0.29, 0.717) is 5.76 Å². The summed E-state index contributed by atoms with van der Waals surface area (Å²) in [6.07, 6.45) is 6.46. The van der Waals surface area contributed by atoms with E-state index in [-0.39, 0.29) is 36.1 Å². The van der Waals surface area contributed by atoms with Crippen LogP contribution in [0.15, 0.2) is 21.6 Å². The standard InChI is InChI=1S/C11H18O4S.Na.H/c1-2-3-4-5-6-7-10-8-9-11(15-10)16(12,13)14;;/h8-9H,2-7H2,1H3,(H,12,13,14);;/q;+1;-1. The Labute approximate surface area is 126 Å². The first-order chi connectivity index (χ1) is 7.54. The van der Waals surface area contributed by atoms with Crippen LogP contribution in [0.4, 0.5) is 0 Å². The van der Waals surface area contributed by atoms with Gasteiger partial charge in [0.2, 0.25) is 5.09 Å². The first-order valence-corrected chi connectivity index (χ1v) is 7.04. The van der Waals surface area contributed by atoms with Crippen molar-refractivity contribution in [3.63, 3.8) is 0 Å². The second-order valence-electron chi connectivity index (χ2n) is 3.86. The Morgan fingerprint density at radius 1 is 1.24 bits per heavy atom. The third-order valence-corrected chi connectivity index (χ3v) is 3.15. The summed E-state index contributed by atoms with van der Waals surface area (Å²) >= 11 is 0. The molecule has 0 spiro atoms. The van der Waals surface area contributed by atoms with Crippen molar-refractivity contribution in [2.75, 3.05) is 0 Å². The molecule has 0 aromatic carbocycles. The van der Waals surface area contributed by atoms with Crippen molar-refractivity contribution in [2.45, 2.75) is 50.5 Å². The SMILES string of the molecule is CCCCCCCc1ccc(S(=O)(=O)O)o1.[H-].[Na+]. The third-order valence-electron chi connectivity index (χ3n) is 2.42. The molecule has 0 aliphatic carbocycles. The van der Waals surface area contributed by atoms with E-state index in [1.807, 2.05) is 0 Å². The zero-order valence-corrected chi connectivity index (χ0v) is 13.3. The summed E-state index contributed by atoms with van der Waals surface area (Å²) in [5.74, 6) is 0.615. The summed E-state index contributed by atoms with van der Waals surface area (Å²) in [6, 6.07) is 2.89. The Morgan fingerprint density at radius 3 is 2.41 bits per heavy atom. The van der Waals surface area contributed by atoms with Crippen LogP contribution in [0.3, 0.4) is 0 Å². The average molecular weight is 270 g/mol. The molecular weight excluding hydrogens is 251 g/mol. The van der Waals surface area contributed by atoms with Crippen LogP contribution >= 0.6 is 0 Å². The fraction of sp³-hybridized carbons (Fsp3) is 0.636. The van der Waals surface area contributed by atoms with Gasteiger partial charge < -0.3 is 5.84 Å². The molecule has 1 rings (SSSR count). The molecule has 17 heavy (non-hydrogen) atoms. The molecule has 1 N–H and O–H groups in total. The van der Waals surface area contributed by atoms with Crippen molar-refractivity contribution in [3.8, 4) is 0 Å². The Bertz CT molecular complexity index is 416. The molecule has 94 valence electrons. The van der Waals surface area contributed by atoms with Crippen LogP contribution in [0.1, 0.15) is 46.2 Å². The predicted molar refractivity (Wildman–Crippen MR) is 62.1 cm³/mol. The van der Waals surface area contributed by atoms with Crippen LogP contribution in [0.25, 0.3) is 0 Å². The maximum absolute atomic E-state index is 10.7. The Hall–Kier alpha value is 0.190. The van der Waals surface area contributed by atoms with Gasteiger partial charge in [0, 0.05) is 6.42 Å². The number of unbranched alkanes of at least 4 members (excludes halogenated alkanes) is 4. The van der Waals surface area contributed by atoms with E-state index < -0.39 is 10.1 Å². The van der Waals surface area contributed by atoms with Crippen LogP contribution in [0, 0.1) is 0 Å². The first-order valence-electron chi connectivity index (χ1n) is 5.60. The van der Waals surface area contributed by atoms with E-state index in [4.69, 9.17) is 8.97 Å². The Kier molecular flexibility index (Phi) is 8.41. The maximum atomic E-state index is 10.7. The molecule has 0 unspecified atom stereocenters. The van der Waals surface area contributed by atoms with Gasteiger partial charge in [0.1, 0.15) is 5.76 Å². The molecule has 4 nitrogen and oxygen atoms in total. The van der Waals surface area contributed by atoms with E-state index >= 15 is 0 Å². The zero-order valence-electron chi connectivity index (χ0n) is 11.5. The van der Waals surface area contributed by atoms with Gasteiger partial charge in [-0.05, 0) is 18.6 Å². The van der Waals surface area contributed by atoms with Crippen molar-refractivity contribution in [2.24, 2.45) is 0 Å². The quantitative estimate of drug-likeness (QED) is 0.435. The zero-order chi connectivity index (χ0) is 12.0. The van der Waals surface area contributed by atoms with Gasteiger partial charge in [-0.1, -0.05) is 32.6 Å². The fourth-order valence-electron chi connectivity index (χ4n) is 1.53. The van der Waals surface area contributed by atoms with E-state index in [2.05, 4.69) is 6.92 Å². The second-order valence-corrected chi connectivity index (χ2v) is 5.21. The van der Waals surface area contributed by atoms with Crippen molar-refractivity contribution in [1.82, 2.24) is 0 Å². The second kappa shape index (κ2) is 8.32. The summed E-state index contributed by atoms with van der Waals surface area (Å²) in [5.41, 5.74) is 0. The van der Waals surface area contributed by atoms with Crippen LogP contribution in [-0.2, 0) is 16.5 Å². The molecule has 1 heterocycles. The molecule has 6 heteroatoms. The van der Waals surface area contributed by atoms with Gasteiger partial charge >= 0.3 is 39.7 Å². The molecule has 0 amide bonds. The molecule has 0 bridgehead atoms. The predicted octanol–water partition coefficient (Wildman–Crippen LogP) is 0.156. The molecule has 0 radical (unpaired) electrons. The minimum Gasteiger partial charge on any atom is -1.00 e. The van der Waals surface area contributed by atoms with Gasteiger partial charge in [-0.3, -0.25) is 4.55 Å². The fourth-order valence-corrected chi connectivity index (χ4v) is 1.99. The molecule has 0 aliphatic heterocycles. The third kappa shape index (κ3) is 6.62. The number of hydrogen-bond donors (Lipinski definition) is 1. The topological polar surface area (TPSA) is 67.5 Å². The minimum atomic E-state index is -4.19. The first kappa shape index (κ1) is 17.2. The van der Waals surface area contributed by atoms with Crippen molar-refractivity contribution in [1.29, 1.82) is 0 Å². The maximum Gasteiger partial charge on any atom is 1.00 e. The number of furan rings is 1.